The Hall–Kier alpha value is -3.02. The molecule has 0 saturated heterocycles. The first-order valence-electron chi connectivity index (χ1n) is 5.79. The molecule has 100 valence electrons. The number of carbonyl (C=O) groups is 1. The first kappa shape index (κ1) is 13.4. The molecule has 0 fully saturated rings. The molecule has 0 bridgehead atoms. The van der Waals surface area contributed by atoms with Crippen LogP contribution in [0.5, 0.6) is 0 Å². The summed E-state index contributed by atoms with van der Waals surface area (Å²) in [6.45, 7) is 0. The third-order valence-electron chi connectivity index (χ3n) is 2.51. The van der Waals surface area contributed by atoms with Crippen LogP contribution in [0.25, 0.3) is 0 Å². The Morgan fingerprint density at radius 2 is 2.00 bits per heavy atom. The summed E-state index contributed by atoms with van der Waals surface area (Å²) in [5.41, 5.74) is 1.17. The summed E-state index contributed by atoms with van der Waals surface area (Å²) in [6.07, 6.45) is 5.93. The number of hydrogen-bond donors (Lipinski definition) is 1. The minimum Gasteiger partial charge on any atom is -0.362 e. The highest BCUT2D eigenvalue weighted by molar-refractivity contribution is 6.04. The van der Waals surface area contributed by atoms with Crippen molar-refractivity contribution in [2.45, 2.75) is 0 Å². The molecular formula is C14H11N3O3. The van der Waals surface area contributed by atoms with Crippen LogP contribution >= 0.6 is 0 Å². The largest absolute Gasteiger partial charge is 0.362 e. The summed E-state index contributed by atoms with van der Waals surface area (Å²) in [6, 6.07) is 9.27. The number of nitro groups is 1. The van der Waals surface area contributed by atoms with E-state index in [2.05, 4.69) is 10.3 Å². The SMILES string of the molecule is O=C(/C=C\Nc1ccc([N+](=O)[O-])cc1)c1cccnc1. The minimum atomic E-state index is -0.467. The predicted molar refractivity (Wildman–Crippen MR) is 74.4 cm³/mol. The normalized spacial score (nSPS) is 10.4. The van der Waals surface area contributed by atoms with Gasteiger partial charge >= 0.3 is 0 Å². The Morgan fingerprint density at radius 1 is 1.25 bits per heavy atom. The molecule has 6 heteroatoms. The fourth-order valence-electron chi connectivity index (χ4n) is 1.50. The number of carbonyl (C=O) groups excluding carboxylic acids is 1. The first-order valence-corrected chi connectivity index (χ1v) is 5.79. The molecule has 0 atom stereocenters. The molecule has 1 aromatic carbocycles. The van der Waals surface area contributed by atoms with Crippen molar-refractivity contribution >= 4 is 17.2 Å². The highest BCUT2D eigenvalue weighted by Crippen LogP contribution is 2.15. The third kappa shape index (κ3) is 3.49. The molecular weight excluding hydrogens is 258 g/mol. The number of rotatable bonds is 5. The Morgan fingerprint density at radius 3 is 2.60 bits per heavy atom. The first-order chi connectivity index (χ1) is 9.66. The number of nitro benzene ring substituents is 1. The third-order valence-corrected chi connectivity index (χ3v) is 2.51. The lowest BCUT2D eigenvalue weighted by Crippen LogP contribution is -1.96. The van der Waals surface area contributed by atoms with Crippen LogP contribution in [0.2, 0.25) is 0 Å². The molecule has 6 nitrogen and oxygen atoms in total. The van der Waals surface area contributed by atoms with Gasteiger partial charge in [-0.25, -0.2) is 0 Å². The van der Waals surface area contributed by atoms with E-state index in [4.69, 9.17) is 0 Å². The lowest BCUT2D eigenvalue weighted by molar-refractivity contribution is -0.384. The Labute approximate surface area is 114 Å². The van der Waals surface area contributed by atoms with Crippen molar-refractivity contribution in [3.05, 3.63) is 76.7 Å². The average molecular weight is 269 g/mol. The van der Waals surface area contributed by atoms with Crippen molar-refractivity contribution in [1.82, 2.24) is 4.98 Å². The van der Waals surface area contributed by atoms with E-state index in [9.17, 15) is 14.9 Å². The molecule has 0 radical (unpaired) electrons. The van der Waals surface area contributed by atoms with Gasteiger partial charge in [-0.15, -0.1) is 0 Å². The quantitative estimate of drug-likeness (QED) is 0.390. The second-order valence-corrected chi connectivity index (χ2v) is 3.89. The van der Waals surface area contributed by atoms with E-state index in [1.807, 2.05) is 0 Å². The summed E-state index contributed by atoms with van der Waals surface area (Å²) < 4.78 is 0. The molecule has 0 spiro atoms. The number of anilines is 1. The van der Waals surface area contributed by atoms with Crippen LogP contribution in [-0.4, -0.2) is 15.7 Å². The fourth-order valence-corrected chi connectivity index (χ4v) is 1.50. The van der Waals surface area contributed by atoms with Crippen molar-refractivity contribution < 1.29 is 9.72 Å². The number of hydrogen-bond acceptors (Lipinski definition) is 5. The van der Waals surface area contributed by atoms with Crippen LogP contribution in [0.15, 0.2) is 61.1 Å². The van der Waals surface area contributed by atoms with Crippen molar-refractivity contribution in [2.24, 2.45) is 0 Å². The molecule has 1 aromatic heterocycles. The maximum absolute atomic E-state index is 11.7. The molecule has 0 aliphatic rings. The summed E-state index contributed by atoms with van der Waals surface area (Å²) in [7, 11) is 0. The maximum Gasteiger partial charge on any atom is 0.269 e. The van der Waals surface area contributed by atoms with Crippen molar-refractivity contribution in [1.29, 1.82) is 0 Å². The van der Waals surface area contributed by atoms with Crippen LogP contribution in [0.4, 0.5) is 11.4 Å². The van der Waals surface area contributed by atoms with E-state index in [1.54, 1.807) is 30.5 Å². The molecule has 1 heterocycles. The maximum atomic E-state index is 11.7. The van der Waals surface area contributed by atoms with Gasteiger partial charge in [-0.1, -0.05) is 0 Å². The zero-order valence-electron chi connectivity index (χ0n) is 10.4. The van der Waals surface area contributed by atoms with Crippen LogP contribution in [-0.2, 0) is 0 Å². The van der Waals surface area contributed by atoms with E-state index in [0.717, 1.165) is 0 Å². The van der Waals surface area contributed by atoms with Gasteiger partial charge in [-0.3, -0.25) is 19.9 Å². The van der Waals surface area contributed by atoms with Gasteiger partial charge in [-0.2, -0.15) is 0 Å². The molecule has 1 N–H and O–H groups in total. The number of pyridine rings is 1. The standard InChI is InChI=1S/C14H11N3O3/c18-14(11-2-1-8-15-10-11)7-9-16-12-3-5-13(6-4-12)17(19)20/h1-10,16H/b9-7-. The highest BCUT2D eigenvalue weighted by Gasteiger charge is 2.03. The number of benzene rings is 1. The zero-order chi connectivity index (χ0) is 14.4. The van der Waals surface area contributed by atoms with Crippen LogP contribution < -0.4 is 5.32 Å². The molecule has 0 unspecified atom stereocenters. The molecule has 2 aromatic rings. The summed E-state index contributed by atoms with van der Waals surface area (Å²) >= 11 is 0. The van der Waals surface area contributed by atoms with E-state index < -0.39 is 4.92 Å². The molecule has 0 amide bonds. The Balaban J connectivity index is 1.96. The second-order valence-electron chi connectivity index (χ2n) is 3.89. The van der Waals surface area contributed by atoms with Crippen LogP contribution in [0, 0.1) is 10.1 Å². The topological polar surface area (TPSA) is 85.1 Å². The molecule has 0 aliphatic carbocycles. The molecule has 20 heavy (non-hydrogen) atoms. The van der Waals surface area contributed by atoms with Gasteiger partial charge in [0.05, 0.1) is 4.92 Å². The van der Waals surface area contributed by atoms with Gasteiger partial charge in [0.2, 0.25) is 0 Å². The van der Waals surface area contributed by atoms with Crippen molar-refractivity contribution in [3.8, 4) is 0 Å². The predicted octanol–water partition coefficient (Wildman–Crippen LogP) is 2.80. The number of allylic oxidation sites excluding steroid dienone is 1. The fraction of sp³-hybridized carbons (Fsp3) is 0. The average Bonchev–Trinajstić information content (AvgIpc) is 2.48. The number of nitrogens with one attached hydrogen (secondary N) is 1. The lowest BCUT2D eigenvalue weighted by atomic mass is 10.2. The van der Waals surface area contributed by atoms with Gasteiger partial charge in [0.1, 0.15) is 0 Å². The van der Waals surface area contributed by atoms with Crippen molar-refractivity contribution in [3.63, 3.8) is 0 Å². The molecule has 0 aliphatic heterocycles. The zero-order valence-corrected chi connectivity index (χ0v) is 10.4. The smallest absolute Gasteiger partial charge is 0.269 e. The van der Waals surface area contributed by atoms with Gasteiger partial charge in [0.15, 0.2) is 5.78 Å². The summed E-state index contributed by atoms with van der Waals surface area (Å²) in [5.74, 6) is -0.174. The van der Waals surface area contributed by atoms with Crippen molar-refractivity contribution in [2.75, 3.05) is 5.32 Å². The van der Waals surface area contributed by atoms with E-state index in [-0.39, 0.29) is 11.5 Å². The van der Waals surface area contributed by atoms with Gasteiger partial charge in [0.25, 0.3) is 5.69 Å². The van der Waals surface area contributed by atoms with E-state index in [1.165, 1.54) is 30.6 Å². The van der Waals surface area contributed by atoms with E-state index in [0.29, 0.717) is 11.3 Å². The number of ketones is 1. The number of nitrogens with zero attached hydrogens (tertiary/aromatic N) is 2. The molecule has 2 rings (SSSR count). The second kappa shape index (κ2) is 6.24. The van der Waals surface area contributed by atoms with Crippen LogP contribution in [0.3, 0.4) is 0 Å². The summed E-state index contributed by atoms with van der Waals surface area (Å²) in [5, 5.41) is 13.4. The number of aromatic nitrogens is 1. The Bertz CT molecular complexity index is 636. The Kier molecular flexibility index (Phi) is 4.18. The van der Waals surface area contributed by atoms with Gasteiger partial charge in [-0.05, 0) is 24.3 Å². The van der Waals surface area contributed by atoms with Gasteiger partial charge in [0, 0.05) is 48.1 Å². The van der Waals surface area contributed by atoms with Crippen LogP contribution in [0.1, 0.15) is 10.4 Å². The molecule has 0 saturated carbocycles. The van der Waals surface area contributed by atoms with E-state index >= 15 is 0 Å². The number of non-ortho nitro benzene ring substituents is 1. The monoisotopic (exact) mass is 269 g/mol. The minimum absolute atomic E-state index is 0.0194. The summed E-state index contributed by atoms with van der Waals surface area (Å²) in [4.78, 5) is 25.6. The highest BCUT2D eigenvalue weighted by atomic mass is 16.6. The lowest BCUT2D eigenvalue weighted by Gasteiger charge is -1.99. The van der Waals surface area contributed by atoms with Gasteiger partial charge < -0.3 is 5.32 Å².